The number of thiophene rings is 1. The summed E-state index contributed by atoms with van der Waals surface area (Å²) in [6, 6.07) is 3.91. The van der Waals surface area contributed by atoms with Crippen molar-refractivity contribution in [2.45, 2.75) is 6.54 Å². The fourth-order valence-corrected chi connectivity index (χ4v) is 2.43. The number of anilines is 1. The van der Waals surface area contributed by atoms with E-state index in [1.165, 1.54) is 12.4 Å². The molecular weight excluding hydrogens is 306 g/mol. The maximum Gasteiger partial charge on any atom is 0.311 e. The molecule has 0 bridgehead atoms. The molecule has 0 aliphatic rings. The first-order valence-electron chi connectivity index (χ1n) is 4.72. The van der Waals surface area contributed by atoms with Gasteiger partial charge in [-0.05, 0) is 27.4 Å². The van der Waals surface area contributed by atoms with Crippen LogP contribution in [-0.2, 0) is 6.54 Å². The molecule has 0 fully saturated rings. The Balaban J connectivity index is 2.22. The van der Waals surface area contributed by atoms with E-state index in [4.69, 9.17) is 0 Å². The van der Waals surface area contributed by atoms with Crippen LogP contribution in [0.2, 0.25) is 0 Å². The smallest absolute Gasteiger partial charge is 0.311 e. The number of pyridine rings is 1. The lowest BCUT2D eigenvalue weighted by Gasteiger charge is -2.07. The maximum absolute atomic E-state index is 10.8. The van der Waals surface area contributed by atoms with E-state index in [1.54, 1.807) is 11.3 Å². The summed E-state index contributed by atoms with van der Waals surface area (Å²) in [7, 11) is 0. The highest BCUT2D eigenvalue weighted by atomic mass is 79.9. The van der Waals surface area contributed by atoms with Gasteiger partial charge in [0.15, 0.2) is 0 Å². The van der Waals surface area contributed by atoms with Crippen molar-refractivity contribution in [3.8, 4) is 0 Å². The van der Waals surface area contributed by atoms with Gasteiger partial charge in [-0.2, -0.15) is 0 Å². The van der Waals surface area contributed by atoms with Crippen molar-refractivity contribution in [3.05, 3.63) is 49.4 Å². The van der Waals surface area contributed by atoms with Crippen LogP contribution in [0.1, 0.15) is 4.88 Å². The largest absolute Gasteiger partial charge is 0.374 e. The molecule has 0 atom stereocenters. The average Bonchev–Trinajstić information content (AvgIpc) is 2.80. The third kappa shape index (κ3) is 2.80. The highest BCUT2D eigenvalue weighted by molar-refractivity contribution is 9.10. The van der Waals surface area contributed by atoms with Gasteiger partial charge < -0.3 is 5.32 Å². The first-order valence-corrected chi connectivity index (χ1v) is 6.40. The van der Waals surface area contributed by atoms with Gasteiger partial charge in [0.05, 0.1) is 9.40 Å². The number of nitrogens with zero attached hydrogens (tertiary/aromatic N) is 2. The molecule has 17 heavy (non-hydrogen) atoms. The summed E-state index contributed by atoms with van der Waals surface area (Å²) in [5.41, 5.74) is 0.425. The average molecular weight is 314 g/mol. The normalized spacial score (nSPS) is 10.2. The van der Waals surface area contributed by atoms with Crippen LogP contribution in [0.5, 0.6) is 0 Å². The molecule has 2 rings (SSSR count). The van der Waals surface area contributed by atoms with E-state index >= 15 is 0 Å². The summed E-state index contributed by atoms with van der Waals surface area (Å²) in [6.07, 6.45) is 2.77. The minimum atomic E-state index is -0.450. The molecule has 2 aromatic heterocycles. The predicted octanol–water partition coefficient (Wildman–Crippen LogP) is 3.43. The van der Waals surface area contributed by atoms with Crippen LogP contribution in [0.15, 0.2) is 34.4 Å². The van der Waals surface area contributed by atoms with Gasteiger partial charge in [0.2, 0.25) is 0 Å². The van der Waals surface area contributed by atoms with Crippen LogP contribution in [0.3, 0.4) is 0 Å². The van der Waals surface area contributed by atoms with Crippen molar-refractivity contribution in [1.82, 2.24) is 4.98 Å². The lowest BCUT2D eigenvalue weighted by Crippen LogP contribution is -2.02. The molecule has 0 saturated carbocycles. The molecule has 2 aromatic rings. The Morgan fingerprint density at radius 1 is 1.53 bits per heavy atom. The molecule has 7 heteroatoms. The standard InChI is InChI=1S/C10H8BrN3O2S/c11-8-5-12-6-9(14(15)16)10(8)13-4-7-2-1-3-17-7/h1-3,5-6H,4H2,(H,12,13). The molecule has 0 aromatic carbocycles. The van der Waals surface area contributed by atoms with Gasteiger partial charge in [-0.1, -0.05) is 6.07 Å². The number of hydrogen-bond acceptors (Lipinski definition) is 5. The second-order valence-electron chi connectivity index (χ2n) is 3.21. The number of aromatic nitrogens is 1. The van der Waals surface area contributed by atoms with Crippen LogP contribution >= 0.6 is 27.3 Å². The van der Waals surface area contributed by atoms with E-state index in [0.29, 0.717) is 16.7 Å². The quantitative estimate of drug-likeness (QED) is 0.693. The zero-order valence-corrected chi connectivity index (χ0v) is 11.0. The van der Waals surface area contributed by atoms with Crippen LogP contribution < -0.4 is 5.32 Å². The third-order valence-corrected chi connectivity index (χ3v) is 3.57. The van der Waals surface area contributed by atoms with Crippen LogP contribution in [0.25, 0.3) is 0 Å². The van der Waals surface area contributed by atoms with E-state index in [9.17, 15) is 10.1 Å². The van der Waals surface area contributed by atoms with Crippen LogP contribution in [0, 0.1) is 10.1 Å². The summed E-state index contributed by atoms with van der Waals surface area (Å²) >= 11 is 4.85. The lowest BCUT2D eigenvalue weighted by molar-refractivity contribution is -0.384. The molecule has 1 N–H and O–H groups in total. The zero-order chi connectivity index (χ0) is 12.3. The van der Waals surface area contributed by atoms with Crippen LogP contribution in [-0.4, -0.2) is 9.91 Å². The fraction of sp³-hybridized carbons (Fsp3) is 0.100. The van der Waals surface area contributed by atoms with Gasteiger partial charge in [0.1, 0.15) is 11.9 Å². The number of halogens is 1. The number of rotatable bonds is 4. The van der Waals surface area contributed by atoms with Crippen molar-refractivity contribution in [3.63, 3.8) is 0 Å². The Kier molecular flexibility index (Phi) is 3.70. The number of nitrogens with one attached hydrogen (secondary N) is 1. The van der Waals surface area contributed by atoms with Gasteiger partial charge in [-0.3, -0.25) is 15.1 Å². The molecular formula is C10H8BrN3O2S. The Morgan fingerprint density at radius 2 is 2.35 bits per heavy atom. The molecule has 0 spiro atoms. The van der Waals surface area contributed by atoms with Crippen molar-refractivity contribution in [1.29, 1.82) is 0 Å². The Hall–Kier alpha value is -1.47. The lowest BCUT2D eigenvalue weighted by atomic mass is 10.3. The third-order valence-electron chi connectivity index (χ3n) is 2.10. The van der Waals surface area contributed by atoms with Crippen molar-refractivity contribution >= 4 is 38.6 Å². The number of nitro groups is 1. The minimum Gasteiger partial charge on any atom is -0.374 e. The molecule has 0 amide bonds. The molecule has 0 saturated heterocycles. The maximum atomic E-state index is 10.8. The van der Waals surface area contributed by atoms with Gasteiger partial charge in [0.25, 0.3) is 0 Å². The summed E-state index contributed by atoms with van der Waals surface area (Å²) in [4.78, 5) is 15.3. The van der Waals surface area contributed by atoms with Crippen LogP contribution in [0.4, 0.5) is 11.4 Å². The predicted molar refractivity (Wildman–Crippen MR) is 70.2 cm³/mol. The monoisotopic (exact) mass is 313 g/mol. The van der Waals surface area contributed by atoms with Gasteiger partial charge in [0, 0.05) is 17.6 Å². The molecule has 0 unspecified atom stereocenters. The second-order valence-corrected chi connectivity index (χ2v) is 5.09. The van der Waals surface area contributed by atoms with Crippen molar-refractivity contribution in [2.75, 3.05) is 5.32 Å². The minimum absolute atomic E-state index is 0.0315. The molecule has 0 aliphatic heterocycles. The molecule has 0 radical (unpaired) electrons. The molecule has 2 heterocycles. The Bertz CT molecular complexity index is 530. The molecule has 0 aliphatic carbocycles. The summed E-state index contributed by atoms with van der Waals surface area (Å²) in [6.45, 7) is 0.557. The van der Waals surface area contributed by atoms with E-state index in [-0.39, 0.29) is 5.69 Å². The highest BCUT2D eigenvalue weighted by Crippen LogP contribution is 2.31. The van der Waals surface area contributed by atoms with Gasteiger partial charge >= 0.3 is 5.69 Å². The number of hydrogen-bond donors (Lipinski definition) is 1. The first kappa shape index (κ1) is 12.0. The van der Waals surface area contributed by atoms with Crippen molar-refractivity contribution < 1.29 is 4.92 Å². The Morgan fingerprint density at radius 3 is 3.00 bits per heavy atom. The summed E-state index contributed by atoms with van der Waals surface area (Å²) in [5.74, 6) is 0. The molecule has 88 valence electrons. The Labute approximate surface area is 110 Å². The fourth-order valence-electron chi connectivity index (χ4n) is 1.33. The molecule has 5 nitrogen and oxygen atoms in total. The van der Waals surface area contributed by atoms with E-state index in [2.05, 4.69) is 26.2 Å². The second kappa shape index (κ2) is 5.24. The zero-order valence-electron chi connectivity index (χ0n) is 8.59. The summed E-state index contributed by atoms with van der Waals surface area (Å²) < 4.78 is 0.586. The topological polar surface area (TPSA) is 68.1 Å². The van der Waals surface area contributed by atoms with Gasteiger partial charge in [-0.15, -0.1) is 11.3 Å². The summed E-state index contributed by atoms with van der Waals surface area (Å²) in [5, 5.41) is 15.9. The highest BCUT2D eigenvalue weighted by Gasteiger charge is 2.16. The van der Waals surface area contributed by atoms with E-state index < -0.39 is 4.92 Å². The van der Waals surface area contributed by atoms with E-state index in [0.717, 1.165) is 4.88 Å². The first-order chi connectivity index (χ1) is 8.18. The van der Waals surface area contributed by atoms with Gasteiger partial charge in [-0.25, -0.2) is 0 Å². The van der Waals surface area contributed by atoms with E-state index in [1.807, 2.05) is 17.5 Å². The van der Waals surface area contributed by atoms with Crippen molar-refractivity contribution in [2.24, 2.45) is 0 Å². The SMILES string of the molecule is O=[N+]([O-])c1cncc(Br)c1NCc1cccs1.